The number of ether oxygens (including phenoxy) is 2. The van der Waals surface area contributed by atoms with E-state index in [1.165, 1.54) is 56.7 Å². The first-order valence-electron chi connectivity index (χ1n) is 15.8. The molecule has 1 atom stereocenters. The van der Waals surface area contributed by atoms with E-state index in [1.807, 2.05) is 0 Å². The second-order valence-electron chi connectivity index (χ2n) is 10.8. The van der Waals surface area contributed by atoms with E-state index in [0.29, 0.717) is 12.8 Å². The van der Waals surface area contributed by atoms with Crippen LogP contribution in [0.3, 0.4) is 0 Å². The molecule has 41 heavy (non-hydrogen) atoms. The van der Waals surface area contributed by atoms with Crippen molar-refractivity contribution < 1.29 is 42.7 Å². The predicted octanol–water partition coefficient (Wildman–Crippen LogP) is 8.04. The summed E-state index contributed by atoms with van der Waals surface area (Å²) >= 11 is 1.38. The minimum atomic E-state index is -4.75. The van der Waals surface area contributed by atoms with Crippen LogP contribution in [0.15, 0.2) is 0 Å². The normalized spacial score (nSPS) is 12.3. The summed E-state index contributed by atoms with van der Waals surface area (Å²) in [6, 6.07) is 0. The largest absolute Gasteiger partial charge is 0.469 e. The molecular weight excluding hydrogens is 567 g/mol. The Morgan fingerprint density at radius 3 is 1.56 bits per heavy atom. The third-order valence-electron chi connectivity index (χ3n) is 6.72. The van der Waals surface area contributed by atoms with Crippen LogP contribution in [-0.4, -0.2) is 51.9 Å². The van der Waals surface area contributed by atoms with Crippen molar-refractivity contribution in [1.29, 1.82) is 0 Å². The highest BCUT2D eigenvalue weighted by atomic mass is 32.2. The van der Waals surface area contributed by atoms with Crippen molar-refractivity contribution in [3.63, 3.8) is 0 Å². The van der Waals surface area contributed by atoms with E-state index >= 15 is 0 Å². The number of unbranched alkanes of at least 4 members (excludes halogenated alkanes) is 17. The predicted molar refractivity (Wildman–Crippen MR) is 165 cm³/mol. The summed E-state index contributed by atoms with van der Waals surface area (Å²) < 4.78 is 26.1. The number of phosphoric acid groups is 1. The molecule has 0 aliphatic heterocycles. The summed E-state index contributed by atoms with van der Waals surface area (Å²) in [5, 5.41) is 0.171. The van der Waals surface area contributed by atoms with Gasteiger partial charge in [0, 0.05) is 25.5 Å². The van der Waals surface area contributed by atoms with Gasteiger partial charge in [-0.05, 0) is 19.3 Å². The molecule has 0 radical (unpaired) electrons. The van der Waals surface area contributed by atoms with Gasteiger partial charge in [0.2, 0.25) is 0 Å². The number of carbonyl (C=O) groups excluding carboxylic acids is 3. The molecule has 0 fully saturated rings. The SMILES string of the molecule is CCCCCCCCCCCCCC(=O)O[C@H](COC(=O)CCCCCCCCCCSC(C)=O)COP(=O)(O)O. The van der Waals surface area contributed by atoms with Crippen molar-refractivity contribution in [3.05, 3.63) is 0 Å². The highest BCUT2D eigenvalue weighted by Crippen LogP contribution is 2.36. The smallest absolute Gasteiger partial charge is 0.462 e. The van der Waals surface area contributed by atoms with Gasteiger partial charge < -0.3 is 19.3 Å². The van der Waals surface area contributed by atoms with Crippen LogP contribution in [-0.2, 0) is 32.9 Å². The van der Waals surface area contributed by atoms with Gasteiger partial charge in [-0.15, -0.1) is 0 Å². The molecule has 0 heterocycles. The van der Waals surface area contributed by atoms with Crippen molar-refractivity contribution in [3.8, 4) is 0 Å². The minimum absolute atomic E-state index is 0.171. The first-order chi connectivity index (χ1) is 19.6. The van der Waals surface area contributed by atoms with Crippen LogP contribution >= 0.6 is 19.6 Å². The molecule has 11 heteroatoms. The zero-order valence-corrected chi connectivity index (χ0v) is 27.4. The molecule has 0 spiro atoms. The summed E-state index contributed by atoms with van der Waals surface area (Å²) in [7, 11) is -4.75. The number of esters is 2. The van der Waals surface area contributed by atoms with Gasteiger partial charge in [-0.2, -0.15) is 0 Å². The molecule has 9 nitrogen and oxygen atoms in total. The fourth-order valence-corrected chi connectivity index (χ4v) is 5.38. The van der Waals surface area contributed by atoms with Crippen LogP contribution in [0.25, 0.3) is 0 Å². The van der Waals surface area contributed by atoms with Crippen LogP contribution in [0.1, 0.15) is 149 Å². The minimum Gasteiger partial charge on any atom is -0.462 e. The van der Waals surface area contributed by atoms with E-state index in [2.05, 4.69) is 11.4 Å². The van der Waals surface area contributed by atoms with Gasteiger partial charge in [0.05, 0.1) is 6.61 Å². The Kier molecular flexibility index (Phi) is 27.2. The maximum absolute atomic E-state index is 12.3. The van der Waals surface area contributed by atoms with Gasteiger partial charge >= 0.3 is 19.8 Å². The van der Waals surface area contributed by atoms with E-state index in [0.717, 1.165) is 70.0 Å². The molecule has 0 rings (SSSR count). The van der Waals surface area contributed by atoms with Crippen molar-refractivity contribution >= 4 is 36.6 Å². The Morgan fingerprint density at radius 2 is 1.10 bits per heavy atom. The second kappa shape index (κ2) is 27.9. The number of carbonyl (C=O) groups is 3. The molecule has 0 aliphatic carbocycles. The van der Waals surface area contributed by atoms with Crippen LogP contribution in [0, 0.1) is 0 Å². The highest BCUT2D eigenvalue weighted by molar-refractivity contribution is 8.13. The number of phosphoric ester groups is 1. The molecule has 0 saturated carbocycles. The Labute approximate surface area is 252 Å². The van der Waals surface area contributed by atoms with E-state index in [9.17, 15) is 18.9 Å². The summed E-state index contributed by atoms with van der Waals surface area (Å²) in [6.45, 7) is 2.96. The van der Waals surface area contributed by atoms with Crippen molar-refractivity contribution in [2.24, 2.45) is 0 Å². The quantitative estimate of drug-likeness (QED) is 0.0478. The van der Waals surface area contributed by atoms with Gasteiger partial charge in [-0.25, -0.2) is 4.57 Å². The molecule has 0 aromatic rings. The van der Waals surface area contributed by atoms with E-state index in [4.69, 9.17) is 19.3 Å². The van der Waals surface area contributed by atoms with E-state index in [1.54, 1.807) is 6.92 Å². The molecule has 0 amide bonds. The Bertz CT molecular complexity index is 714. The fourth-order valence-electron chi connectivity index (χ4n) is 4.38. The first-order valence-corrected chi connectivity index (χ1v) is 18.3. The lowest BCUT2D eigenvalue weighted by atomic mass is 10.1. The van der Waals surface area contributed by atoms with Gasteiger partial charge in [0.15, 0.2) is 11.2 Å². The lowest BCUT2D eigenvalue weighted by Gasteiger charge is -2.18. The Balaban J connectivity index is 4.01. The summed E-state index contributed by atoms with van der Waals surface area (Å²) in [5.41, 5.74) is 0. The van der Waals surface area contributed by atoms with Crippen LogP contribution in [0.5, 0.6) is 0 Å². The number of hydrogen-bond donors (Lipinski definition) is 2. The van der Waals surface area contributed by atoms with Crippen LogP contribution < -0.4 is 0 Å². The average Bonchev–Trinajstić information content (AvgIpc) is 2.91. The maximum Gasteiger partial charge on any atom is 0.469 e. The number of rotatable bonds is 29. The van der Waals surface area contributed by atoms with E-state index < -0.39 is 32.5 Å². The van der Waals surface area contributed by atoms with Gasteiger partial charge in [0.25, 0.3) is 0 Å². The standard InChI is InChI=1S/C30H57O9PS/c1-3-4-5-6-7-8-9-10-14-17-20-23-30(33)39-28(26-38-40(34,35)36)25-37-29(32)22-19-16-13-11-12-15-18-21-24-41-27(2)31/h28H,3-26H2,1-2H3,(H2,34,35,36)/t28-/m1/s1. The third-order valence-corrected chi connectivity index (χ3v) is 8.11. The zero-order chi connectivity index (χ0) is 30.6. The average molecular weight is 625 g/mol. The molecule has 0 aromatic carbocycles. The number of thioether (sulfide) groups is 1. The molecular formula is C30H57O9PS. The maximum atomic E-state index is 12.3. The molecule has 0 unspecified atom stereocenters. The number of hydrogen-bond acceptors (Lipinski definition) is 8. The molecule has 0 aromatic heterocycles. The van der Waals surface area contributed by atoms with Gasteiger partial charge in [-0.3, -0.25) is 18.9 Å². The third kappa shape index (κ3) is 31.8. The highest BCUT2D eigenvalue weighted by Gasteiger charge is 2.22. The van der Waals surface area contributed by atoms with Crippen molar-refractivity contribution in [1.82, 2.24) is 0 Å². The van der Waals surface area contributed by atoms with Gasteiger partial charge in [-0.1, -0.05) is 121 Å². The molecule has 0 bridgehead atoms. The first kappa shape index (κ1) is 40.1. The topological polar surface area (TPSA) is 136 Å². The van der Waals surface area contributed by atoms with Crippen molar-refractivity contribution in [2.75, 3.05) is 19.0 Å². The zero-order valence-electron chi connectivity index (χ0n) is 25.7. The molecule has 0 aliphatic rings. The summed E-state index contributed by atoms with van der Waals surface area (Å²) in [6.07, 6.45) is 20.4. The summed E-state index contributed by atoms with van der Waals surface area (Å²) in [5.74, 6) is -0.0352. The van der Waals surface area contributed by atoms with Crippen LogP contribution in [0.4, 0.5) is 0 Å². The lowest BCUT2D eigenvalue weighted by molar-refractivity contribution is -0.161. The molecule has 0 saturated heterocycles. The Morgan fingerprint density at radius 1 is 0.659 bits per heavy atom. The van der Waals surface area contributed by atoms with Crippen LogP contribution in [0.2, 0.25) is 0 Å². The monoisotopic (exact) mass is 624 g/mol. The van der Waals surface area contributed by atoms with Crippen molar-refractivity contribution in [2.45, 2.75) is 155 Å². The summed E-state index contributed by atoms with van der Waals surface area (Å²) in [4.78, 5) is 53.3. The Hall–Kier alpha value is -0.930. The second-order valence-corrected chi connectivity index (χ2v) is 13.3. The fraction of sp³-hybridized carbons (Fsp3) is 0.900. The molecule has 2 N–H and O–H groups in total. The van der Waals surface area contributed by atoms with E-state index in [-0.39, 0.29) is 24.6 Å². The van der Waals surface area contributed by atoms with Gasteiger partial charge in [0.1, 0.15) is 6.61 Å². The lowest BCUT2D eigenvalue weighted by Crippen LogP contribution is -2.29. The molecule has 242 valence electrons.